The van der Waals surface area contributed by atoms with Crippen molar-refractivity contribution in [1.82, 2.24) is 9.78 Å². The molecule has 0 radical (unpaired) electrons. The molecule has 2 N–H and O–H groups in total. The van der Waals surface area contributed by atoms with E-state index in [1.165, 1.54) is 13.1 Å². The first-order chi connectivity index (χ1) is 9.30. The van der Waals surface area contributed by atoms with E-state index < -0.39 is 23.8 Å². The molecule has 2 aromatic rings. The van der Waals surface area contributed by atoms with E-state index in [-0.39, 0.29) is 5.56 Å². The Morgan fingerprint density at radius 1 is 1.30 bits per heavy atom. The van der Waals surface area contributed by atoms with E-state index in [9.17, 15) is 18.0 Å². The van der Waals surface area contributed by atoms with Gasteiger partial charge in [0.15, 0.2) is 5.69 Å². The van der Waals surface area contributed by atoms with E-state index in [2.05, 4.69) is 5.10 Å². The van der Waals surface area contributed by atoms with Gasteiger partial charge in [-0.25, -0.2) is 0 Å². The molecule has 0 saturated heterocycles. The van der Waals surface area contributed by atoms with Gasteiger partial charge in [0.05, 0.1) is 0 Å². The monoisotopic (exact) mass is 283 g/mol. The van der Waals surface area contributed by atoms with Crippen molar-refractivity contribution in [3.63, 3.8) is 0 Å². The summed E-state index contributed by atoms with van der Waals surface area (Å²) in [4.78, 5) is 11.1. The van der Waals surface area contributed by atoms with Crippen LogP contribution in [-0.4, -0.2) is 15.7 Å². The third kappa shape index (κ3) is 2.66. The van der Waals surface area contributed by atoms with Crippen molar-refractivity contribution in [2.45, 2.75) is 19.1 Å². The first-order valence-electron chi connectivity index (χ1n) is 5.82. The molecule has 106 valence electrons. The van der Waals surface area contributed by atoms with E-state index in [4.69, 9.17) is 5.73 Å². The van der Waals surface area contributed by atoms with Crippen molar-refractivity contribution in [1.29, 1.82) is 0 Å². The summed E-state index contributed by atoms with van der Waals surface area (Å²) in [5.41, 5.74) is 4.36. The largest absolute Gasteiger partial charge is 0.435 e. The summed E-state index contributed by atoms with van der Waals surface area (Å²) in [5, 5.41) is 3.47. The summed E-state index contributed by atoms with van der Waals surface area (Å²) in [6, 6.07) is 7.10. The number of nitrogens with two attached hydrogens (primary N) is 1. The Morgan fingerprint density at radius 2 is 1.90 bits per heavy atom. The molecule has 0 saturated carbocycles. The molecule has 0 bridgehead atoms. The van der Waals surface area contributed by atoms with Crippen LogP contribution in [0.1, 0.15) is 18.7 Å². The summed E-state index contributed by atoms with van der Waals surface area (Å²) in [6.45, 7) is 1.39. The molecule has 0 spiro atoms. The number of carbonyl (C=O) groups is 1. The van der Waals surface area contributed by atoms with Crippen LogP contribution >= 0.6 is 0 Å². The minimum atomic E-state index is -4.60. The van der Waals surface area contributed by atoms with E-state index in [1.807, 2.05) is 0 Å². The molecule has 1 aromatic heterocycles. The van der Waals surface area contributed by atoms with Gasteiger partial charge in [0.1, 0.15) is 6.04 Å². The van der Waals surface area contributed by atoms with Gasteiger partial charge in [-0.2, -0.15) is 18.3 Å². The maximum absolute atomic E-state index is 13.0. The lowest BCUT2D eigenvalue weighted by atomic mass is 10.1. The van der Waals surface area contributed by atoms with Gasteiger partial charge in [0.25, 0.3) is 0 Å². The topological polar surface area (TPSA) is 60.9 Å². The second-order valence-electron chi connectivity index (χ2n) is 4.31. The number of nitrogens with zero attached hydrogens (tertiary/aromatic N) is 2. The first-order valence-corrected chi connectivity index (χ1v) is 5.82. The molecule has 0 aliphatic carbocycles. The molecule has 20 heavy (non-hydrogen) atoms. The predicted octanol–water partition coefficient (Wildman–Crippen LogP) is 2.62. The van der Waals surface area contributed by atoms with Crippen molar-refractivity contribution >= 4 is 5.91 Å². The number of amides is 1. The molecule has 1 amide bonds. The minimum absolute atomic E-state index is 0.0776. The Kier molecular flexibility index (Phi) is 3.52. The van der Waals surface area contributed by atoms with Gasteiger partial charge in [0, 0.05) is 11.8 Å². The van der Waals surface area contributed by atoms with Crippen LogP contribution < -0.4 is 5.73 Å². The van der Waals surface area contributed by atoms with Crippen LogP contribution in [0.4, 0.5) is 13.2 Å². The van der Waals surface area contributed by atoms with Crippen molar-refractivity contribution < 1.29 is 18.0 Å². The number of alkyl halides is 3. The van der Waals surface area contributed by atoms with Crippen LogP contribution in [0.25, 0.3) is 11.1 Å². The molecule has 1 aromatic carbocycles. The lowest BCUT2D eigenvalue weighted by molar-refractivity contribution is -0.141. The van der Waals surface area contributed by atoms with Crippen LogP contribution in [0.15, 0.2) is 36.5 Å². The van der Waals surface area contributed by atoms with Gasteiger partial charge < -0.3 is 5.73 Å². The zero-order chi connectivity index (χ0) is 14.9. The van der Waals surface area contributed by atoms with Crippen LogP contribution in [0.2, 0.25) is 0 Å². The highest BCUT2D eigenvalue weighted by molar-refractivity contribution is 5.78. The summed E-state index contributed by atoms with van der Waals surface area (Å²) in [5.74, 6) is -0.749. The number of benzene rings is 1. The Hall–Kier alpha value is -2.31. The smallest absolute Gasteiger partial charge is 0.368 e. The molecule has 1 atom stereocenters. The maximum atomic E-state index is 13.0. The highest BCUT2D eigenvalue weighted by Gasteiger charge is 2.38. The van der Waals surface area contributed by atoms with Crippen molar-refractivity contribution in [3.05, 3.63) is 42.2 Å². The number of hydrogen-bond donors (Lipinski definition) is 1. The van der Waals surface area contributed by atoms with Gasteiger partial charge in [0.2, 0.25) is 5.91 Å². The zero-order valence-corrected chi connectivity index (χ0v) is 10.6. The van der Waals surface area contributed by atoms with Crippen LogP contribution in [0, 0.1) is 0 Å². The summed E-state index contributed by atoms with van der Waals surface area (Å²) in [7, 11) is 0. The fraction of sp³-hybridized carbons (Fsp3) is 0.231. The molecular formula is C13H12F3N3O. The van der Waals surface area contributed by atoms with Crippen LogP contribution in [0.3, 0.4) is 0 Å². The SMILES string of the molecule is CC(C(N)=O)n1cc(-c2ccccc2)c(C(F)(F)F)n1. The average molecular weight is 283 g/mol. The normalized spacial score (nSPS) is 13.2. The van der Waals surface area contributed by atoms with Crippen molar-refractivity contribution in [2.24, 2.45) is 5.73 Å². The number of primary amides is 1. The predicted molar refractivity (Wildman–Crippen MR) is 66.6 cm³/mol. The maximum Gasteiger partial charge on any atom is 0.435 e. The molecule has 7 heteroatoms. The number of rotatable bonds is 3. The third-order valence-electron chi connectivity index (χ3n) is 2.89. The Bertz CT molecular complexity index is 620. The Morgan fingerprint density at radius 3 is 2.40 bits per heavy atom. The molecule has 0 aliphatic heterocycles. The van der Waals surface area contributed by atoms with Crippen molar-refractivity contribution in [3.8, 4) is 11.1 Å². The van der Waals surface area contributed by atoms with E-state index in [0.717, 1.165) is 4.68 Å². The molecule has 1 heterocycles. The lowest BCUT2D eigenvalue weighted by Crippen LogP contribution is -2.24. The quantitative estimate of drug-likeness (QED) is 0.941. The third-order valence-corrected chi connectivity index (χ3v) is 2.89. The van der Waals surface area contributed by atoms with Gasteiger partial charge in [-0.3, -0.25) is 9.48 Å². The fourth-order valence-electron chi connectivity index (χ4n) is 1.76. The van der Waals surface area contributed by atoms with E-state index in [1.54, 1.807) is 30.3 Å². The molecular weight excluding hydrogens is 271 g/mol. The first kappa shape index (κ1) is 14.1. The highest BCUT2D eigenvalue weighted by atomic mass is 19.4. The Balaban J connectivity index is 2.58. The van der Waals surface area contributed by atoms with Crippen molar-refractivity contribution in [2.75, 3.05) is 0 Å². The number of halogens is 3. The zero-order valence-electron chi connectivity index (χ0n) is 10.6. The van der Waals surface area contributed by atoms with Crippen LogP contribution in [0.5, 0.6) is 0 Å². The second-order valence-corrected chi connectivity index (χ2v) is 4.31. The van der Waals surface area contributed by atoms with Gasteiger partial charge in [-0.15, -0.1) is 0 Å². The second kappa shape index (κ2) is 4.99. The summed E-state index contributed by atoms with van der Waals surface area (Å²) >= 11 is 0. The highest BCUT2D eigenvalue weighted by Crippen LogP contribution is 2.36. The number of hydrogen-bond acceptors (Lipinski definition) is 2. The summed E-state index contributed by atoms with van der Waals surface area (Å²) < 4.78 is 40.0. The lowest BCUT2D eigenvalue weighted by Gasteiger charge is -2.07. The molecule has 0 fully saturated rings. The molecule has 2 rings (SSSR count). The summed E-state index contributed by atoms with van der Waals surface area (Å²) in [6.07, 6.45) is -3.42. The standard InChI is InChI=1S/C13H12F3N3O/c1-8(12(17)20)19-7-10(9-5-3-2-4-6-9)11(18-19)13(14,15)16/h2-8H,1H3,(H2,17,20). The fourth-order valence-corrected chi connectivity index (χ4v) is 1.76. The number of aromatic nitrogens is 2. The van der Waals surface area contributed by atoms with E-state index >= 15 is 0 Å². The molecule has 1 unspecified atom stereocenters. The van der Waals surface area contributed by atoms with Gasteiger partial charge in [-0.1, -0.05) is 30.3 Å². The average Bonchev–Trinajstić information content (AvgIpc) is 2.83. The number of carbonyl (C=O) groups excluding carboxylic acids is 1. The van der Waals surface area contributed by atoms with Gasteiger partial charge >= 0.3 is 6.18 Å². The molecule has 4 nitrogen and oxygen atoms in total. The van der Waals surface area contributed by atoms with E-state index in [0.29, 0.717) is 5.56 Å². The van der Waals surface area contributed by atoms with Crippen LogP contribution in [-0.2, 0) is 11.0 Å². The van der Waals surface area contributed by atoms with Gasteiger partial charge in [-0.05, 0) is 12.5 Å². The Labute approximate surface area is 113 Å². The minimum Gasteiger partial charge on any atom is -0.368 e. The molecule has 0 aliphatic rings.